The molecule has 0 saturated carbocycles. The summed E-state index contributed by atoms with van der Waals surface area (Å²) >= 11 is 0. The van der Waals surface area contributed by atoms with Crippen LogP contribution in [0.1, 0.15) is 26.2 Å². The molecule has 1 aromatic heterocycles. The third kappa shape index (κ3) is 2.90. The van der Waals surface area contributed by atoms with Crippen molar-refractivity contribution in [1.82, 2.24) is 14.5 Å². The molecule has 1 unspecified atom stereocenters. The summed E-state index contributed by atoms with van der Waals surface area (Å²) in [6, 6.07) is 0. The number of H-pyrrole nitrogens is 1. The zero-order chi connectivity index (χ0) is 13.0. The van der Waals surface area contributed by atoms with Crippen LogP contribution in [-0.2, 0) is 14.8 Å². The van der Waals surface area contributed by atoms with Crippen molar-refractivity contribution in [2.45, 2.75) is 37.2 Å². The Hall–Kier alpha value is -0.920. The first-order valence-electron chi connectivity index (χ1n) is 6.25. The number of sulfonamides is 1. The van der Waals surface area contributed by atoms with E-state index in [2.05, 4.69) is 10.2 Å². The van der Waals surface area contributed by atoms with E-state index >= 15 is 0 Å². The van der Waals surface area contributed by atoms with Crippen molar-refractivity contribution in [3.05, 3.63) is 12.4 Å². The Morgan fingerprint density at radius 2 is 2.44 bits per heavy atom. The summed E-state index contributed by atoms with van der Waals surface area (Å²) in [6.45, 7) is 3.72. The number of aromatic amines is 1. The molecule has 1 aliphatic heterocycles. The number of hydrogen-bond donors (Lipinski definition) is 1. The van der Waals surface area contributed by atoms with E-state index in [0.29, 0.717) is 19.7 Å². The molecule has 1 atom stereocenters. The third-order valence-electron chi connectivity index (χ3n) is 3.01. The molecule has 0 spiro atoms. The summed E-state index contributed by atoms with van der Waals surface area (Å²) in [7, 11) is -3.42. The van der Waals surface area contributed by atoms with Gasteiger partial charge in [0.1, 0.15) is 4.90 Å². The van der Waals surface area contributed by atoms with E-state index < -0.39 is 10.0 Å². The minimum absolute atomic E-state index is 0.0142. The summed E-state index contributed by atoms with van der Waals surface area (Å²) in [5.41, 5.74) is 0. The van der Waals surface area contributed by atoms with Crippen LogP contribution in [-0.4, -0.2) is 48.7 Å². The first-order chi connectivity index (χ1) is 8.64. The van der Waals surface area contributed by atoms with Gasteiger partial charge in [0.15, 0.2) is 0 Å². The molecule has 1 N–H and O–H groups in total. The smallest absolute Gasteiger partial charge is 0.246 e. The molecule has 0 bridgehead atoms. The Bertz CT molecular complexity index is 458. The van der Waals surface area contributed by atoms with E-state index in [1.807, 2.05) is 6.92 Å². The molecule has 0 radical (unpaired) electrons. The van der Waals surface area contributed by atoms with E-state index in [1.54, 1.807) is 0 Å². The lowest BCUT2D eigenvalue weighted by Gasteiger charge is -2.31. The van der Waals surface area contributed by atoms with Crippen molar-refractivity contribution in [2.75, 3.05) is 19.7 Å². The van der Waals surface area contributed by atoms with Gasteiger partial charge in [-0.1, -0.05) is 6.92 Å². The molecule has 2 rings (SSSR count). The van der Waals surface area contributed by atoms with Crippen LogP contribution in [0.5, 0.6) is 0 Å². The highest BCUT2D eigenvalue weighted by atomic mass is 32.2. The molecule has 0 amide bonds. The van der Waals surface area contributed by atoms with Gasteiger partial charge in [-0.3, -0.25) is 5.10 Å². The molecule has 1 aliphatic rings. The van der Waals surface area contributed by atoms with E-state index in [4.69, 9.17) is 4.74 Å². The maximum Gasteiger partial charge on any atom is 0.246 e. The average Bonchev–Trinajstić information content (AvgIpc) is 2.91. The van der Waals surface area contributed by atoms with Crippen LogP contribution >= 0.6 is 0 Å². The Morgan fingerprint density at radius 3 is 3.11 bits per heavy atom. The molecule has 18 heavy (non-hydrogen) atoms. The maximum atomic E-state index is 12.3. The van der Waals surface area contributed by atoms with Crippen LogP contribution in [0.3, 0.4) is 0 Å². The van der Waals surface area contributed by atoms with Gasteiger partial charge in [0, 0.05) is 25.9 Å². The molecule has 102 valence electrons. The molecule has 7 heteroatoms. The highest BCUT2D eigenvalue weighted by Crippen LogP contribution is 2.21. The zero-order valence-corrected chi connectivity index (χ0v) is 11.3. The van der Waals surface area contributed by atoms with Gasteiger partial charge in [0.2, 0.25) is 10.0 Å². The van der Waals surface area contributed by atoms with Crippen molar-refractivity contribution in [3.63, 3.8) is 0 Å². The number of nitrogens with zero attached hydrogens (tertiary/aromatic N) is 2. The molecule has 0 aliphatic carbocycles. The molecule has 1 fully saturated rings. The van der Waals surface area contributed by atoms with Gasteiger partial charge in [-0.25, -0.2) is 8.42 Å². The fourth-order valence-corrected chi connectivity index (χ4v) is 3.49. The number of piperidine rings is 1. The van der Waals surface area contributed by atoms with Crippen LogP contribution in [0.25, 0.3) is 0 Å². The van der Waals surface area contributed by atoms with Crippen molar-refractivity contribution < 1.29 is 13.2 Å². The molecular weight excluding hydrogens is 254 g/mol. The lowest BCUT2D eigenvalue weighted by molar-refractivity contribution is 0.0193. The Balaban J connectivity index is 2.04. The van der Waals surface area contributed by atoms with Crippen molar-refractivity contribution >= 4 is 10.0 Å². The minimum atomic E-state index is -3.42. The molecule has 0 aromatic carbocycles. The Kier molecular flexibility index (Phi) is 4.36. The van der Waals surface area contributed by atoms with E-state index in [9.17, 15) is 8.42 Å². The number of aromatic nitrogens is 2. The second-order valence-corrected chi connectivity index (χ2v) is 6.37. The van der Waals surface area contributed by atoms with Gasteiger partial charge in [-0.2, -0.15) is 9.40 Å². The van der Waals surface area contributed by atoms with E-state index in [0.717, 1.165) is 19.3 Å². The fraction of sp³-hybridized carbons (Fsp3) is 0.727. The van der Waals surface area contributed by atoms with Crippen LogP contribution in [0.4, 0.5) is 0 Å². The highest BCUT2D eigenvalue weighted by Gasteiger charge is 2.31. The zero-order valence-electron chi connectivity index (χ0n) is 10.5. The lowest BCUT2D eigenvalue weighted by Crippen LogP contribution is -2.43. The van der Waals surface area contributed by atoms with Crippen molar-refractivity contribution in [3.8, 4) is 0 Å². The SMILES string of the molecule is CCCOC1CCCN(S(=O)(=O)c2cn[nH]c2)C1. The van der Waals surface area contributed by atoms with E-state index in [-0.39, 0.29) is 11.0 Å². The maximum absolute atomic E-state index is 12.3. The third-order valence-corrected chi connectivity index (χ3v) is 4.84. The molecular formula is C11H19N3O3S. The van der Waals surface area contributed by atoms with Crippen molar-refractivity contribution in [1.29, 1.82) is 0 Å². The molecule has 2 heterocycles. The van der Waals surface area contributed by atoms with Gasteiger partial charge in [-0.05, 0) is 19.3 Å². The van der Waals surface area contributed by atoms with Gasteiger partial charge < -0.3 is 4.74 Å². The quantitative estimate of drug-likeness (QED) is 0.868. The molecule has 1 saturated heterocycles. The Morgan fingerprint density at radius 1 is 1.61 bits per heavy atom. The number of rotatable bonds is 5. The largest absolute Gasteiger partial charge is 0.377 e. The average molecular weight is 273 g/mol. The van der Waals surface area contributed by atoms with E-state index in [1.165, 1.54) is 16.7 Å². The lowest BCUT2D eigenvalue weighted by atomic mass is 10.1. The van der Waals surface area contributed by atoms with Gasteiger partial charge in [0.25, 0.3) is 0 Å². The number of nitrogens with one attached hydrogen (secondary N) is 1. The van der Waals surface area contributed by atoms with Crippen LogP contribution < -0.4 is 0 Å². The summed E-state index contributed by atoms with van der Waals surface area (Å²) in [5, 5.41) is 6.22. The predicted molar refractivity (Wildman–Crippen MR) is 66.6 cm³/mol. The van der Waals surface area contributed by atoms with Gasteiger partial charge in [0.05, 0.1) is 12.3 Å². The summed E-state index contributed by atoms with van der Waals surface area (Å²) in [6.07, 6.45) is 5.48. The molecule has 1 aromatic rings. The highest BCUT2D eigenvalue weighted by molar-refractivity contribution is 7.89. The Labute approximate surface area is 107 Å². The summed E-state index contributed by atoms with van der Waals surface area (Å²) in [4.78, 5) is 0.221. The van der Waals surface area contributed by atoms with Crippen LogP contribution in [0.15, 0.2) is 17.3 Å². The normalized spacial score (nSPS) is 22.2. The van der Waals surface area contributed by atoms with Crippen molar-refractivity contribution in [2.24, 2.45) is 0 Å². The first kappa shape index (κ1) is 13.5. The molecule has 6 nitrogen and oxygen atoms in total. The summed E-state index contributed by atoms with van der Waals surface area (Å²) < 4.78 is 31.7. The minimum Gasteiger partial charge on any atom is -0.377 e. The standard InChI is InChI=1S/C11H19N3O3S/c1-2-6-17-10-4-3-5-14(9-10)18(15,16)11-7-12-13-8-11/h7-8,10H,2-6,9H2,1H3,(H,12,13). The van der Waals surface area contributed by atoms with Gasteiger partial charge in [-0.15, -0.1) is 0 Å². The fourth-order valence-electron chi connectivity index (χ4n) is 2.07. The number of hydrogen-bond acceptors (Lipinski definition) is 4. The monoisotopic (exact) mass is 273 g/mol. The predicted octanol–water partition coefficient (Wildman–Crippen LogP) is 0.989. The summed E-state index contributed by atoms with van der Waals surface area (Å²) in [5.74, 6) is 0. The second-order valence-electron chi connectivity index (χ2n) is 4.43. The van der Waals surface area contributed by atoms with Gasteiger partial charge >= 0.3 is 0 Å². The number of ether oxygens (including phenoxy) is 1. The van der Waals surface area contributed by atoms with Crippen LogP contribution in [0, 0.1) is 0 Å². The topological polar surface area (TPSA) is 75.3 Å². The first-order valence-corrected chi connectivity index (χ1v) is 7.69. The second kappa shape index (κ2) is 5.81. The van der Waals surface area contributed by atoms with Crippen LogP contribution in [0.2, 0.25) is 0 Å².